The zero-order chi connectivity index (χ0) is 18.6. The van der Waals surface area contributed by atoms with Crippen molar-refractivity contribution < 1.29 is 9.53 Å². The second-order valence-corrected chi connectivity index (χ2v) is 8.65. The third-order valence-corrected chi connectivity index (χ3v) is 6.30. The highest BCUT2D eigenvalue weighted by Crippen LogP contribution is 2.38. The van der Waals surface area contributed by atoms with Crippen LogP contribution in [-0.4, -0.2) is 49.2 Å². The lowest BCUT2D eigenvalue weighted by atomic mass is 9.77. The minimum atomic E-state index is 0.0686. The van der Waals surface area contributed by atoms with Gasteiger partial charge < -0.3 is 10.1 Å². The molecule has 3 aliphatic rings. The third kappa shape index (κ3) is 5.20. The fourth-order valence-corrected chi connectivity index (χ4v) is 4.70. The zero-order valence-corrected chi connectivity index (χ0v) is 16.3. The van der Waals surface area contributed by atoms with E-state index in [2.05, 4.69) is 52.7 Å². The topological polar surface area (TPSA) is 41.6 Å². The SMILES string of the molecule is CC(=O)N[C@@H]1C[C@@H]2CN(C/C=C/c3ccccc3)C[C@@H]2C[C@H]1OCC1CC1. The Bertz CT molecular complexity index is 656. The van der Waals surface area contributed by atoms with Crippen molar-refractivity contribution in [1.29, 1.82) is 0 Å². The molecule has 1 N–H and O–H groups in total. The van der Waals surface area contributed by atoms with Gasteiger partial charge in [0.05, 0.1) is 12.1 Å². The number of carbonyl (C=O) groups excluding carboxylic acids is 1. The highest BCUT2D eigenvalue weighted by Gasteiger charge is 2.43. The van der Waals surface area contributed by atoms with Gasteiger partial charge in [-0.15, -0.1) is 0 Å². The maximum absolute atomic E-state index is 11.7. The molecule has 0 radical (unpaired) electrons. The summed E-state index contributed by atoms with van der Waals surface area (Å²) in [4.78, 5) is 14.2. The summed E-state index contributed by atoms with van der Waals surface area (Å²) in [6.45, 7) is 5.79. The van der Waals surface area contributed by atoms with E-state index in [-0.39, 0.29) is 18.1 Å². The van der Waals surface area contributed by atoms with Crippen LogP contribution in [0.2, 0.25) is 0 Å². The maximum Gasteiger partial charge on any atom is 0.217 e. The van der Waals surface area contributed by atoms with Crippen molar-refractivity contribution in [3.63, 3.8) is 0 Å². The number of ether oxygens (including phenoxy) is 1. The number of nitrogens with one attached hydrogen (secondary N) is 1. The smallest absolute Gasteiger partial charge is 0.217 e. The molecular weight excluding hydrogens is 336 g/mol. The number of fused-ring (bicyclic) bond motifs is 1. The number of carbonyl (C=O) groups is 1. The molecule has 146 valence electrons. The number of rotatable bonds is 7. The van der Waals surface area contributed by atoms with Crippen LogP contribution in [0.1, 0.15) is 38.2 Å². The van der Waals surface area contributed by atoms with Gasteiger partial charge in [-0.3, -0.25) is 9.69 Å². The molecule has 1 aromatic carbocycles. The molecule has 1 amide bonds. The van der Waals surface area contributed by atoms with Gasteiger partial charge >= 0.3 is 0 Å². The van der Waals surface area contributed by atoms with Gasteiger partial charge in [0.2, 0.25) is 5.91 Å². The summed E-state index contributed by atoms with van der Waals surface area (Å²) in [5.74, 6) is 2.21. The molecule has 0 spiro atoms. The molecule has 1 heterocycles. The van der Waals surface area contributed by atoms with E-state index in [4.69, 9.17) is 4.74 Å². The number of hydrogen-bond acceptors (Lipinski definition) is 3. The molecule has 27 heavy (non-hydrogen) atoms. The first kappa shape index (κ1) is 18.7. The highest BCUT2D eigenvalue weighted by atomic mass is 16.5. The van der Waals surface area contributed by atoms with Crippen molar-refractivity contribution in [2.45, 2.75) is 44.8 Å². The van der Waals surface area contributed by atoms with Crippen LogP contribution in [0.25, 0.3) is 6.08 Å². The van der Waals surface area contributed by atoms with E-state index in [9.17, 15) is 4.79 Å². The van der Waals surface area contributed by atoms with E-state index in [1.165, 1.54) is 18.4 Å². The summed E-state index contributed by atoms with van der Waals surface area (Å²) in [6.07, 6.45) is 9.44. The molecule has 2 saturated carbocycles. The van der Waals surface area contributed by atoms with Gasteiger partial charge in [-0.05, 0) is 49.0 Å². The number of hydrogen-bond donors (Lipinski definition) is 1. The predicted molar refractivity (Wildman–Crippen MR) is 108 cm³/mol. The van der Waals surface area contributed by atoms with Gasteiger partial charge in [-0.25, -0.2) is 0 Å². The van der Waals surface area contributed by atoms with E-state index in [0.717, 1.165) is 45.0 Å². The highest BCUT2D eigenvalue weighted by molar-refractivity contribution is 5.73. The Kier molecular flexibility index (Phi) is 5.94. The Morgan fingerprint density at radius 1 is 1.19 bits per heavy atom. The quantitative estimate of drug-likeness (QED) is 0.803. The largest absolute Gasteiger partial charge is 0.376 e. The second-order valence-electron chi connectivity index (χ2n) is 8.65. The summed E-state index contributed by atoms with van der Waals surface area (Å²) in [7, 11) is 0. The molecule has 0 bridgehead atoms. The molecule has 4 rings (SSSR count). The molecule has 1 aromatic rings. The molecule has 0 aromatic heterocycles. The van der Waals surface area contributed by atoms with Crippen molar-refractivity contribution in [1.82, 2.24) is 10.2 Å². The molecular formula is C23H32N2O2. The van der Waals surface area contributed by atoms with Crippen LogP contribution in [0.5, 0.6) is 0 Å². The average Bonchev–Trinajstić information content (AvgIpc) is 3.40. The van der Waals surface area contributed by atoms with E-state index >= 15 is 0 Å². The van der Waals surface area contributed by atoms with Crippen molar-refractivity contribution in [3.8, 4) is 0 Å². The molecule has 4 atom stereocenters. The predicted octanol–water partition coefficient (Wildman–Crippen LogP) is 3.34. The maximum atomic E-state index is 11.7. The second kappa shape index (κ2) is 8.57. The Labute approximate surface area is 163 Å². The summed E-state index contributed by atoms with van der Waals surface area (Å²) in [6, 6.07) is 10.7. The number of benzene rings is 1. The fourth-order valence-electron chi connectivity index (χ4n) is 4.70. The Balaban J connectivity index is 1.32. The number of amides is 1. The lowest BCUT2D eigenvalue weighted by Gasteiger charge is -2.38. The Morgan fingerprint density at radius 2 is 1.93 bits per heavy atom. The molecule has 4 heteroatoms. The van der Waals surface area contributed by atoms with E-state index in [1.54, 1.807) is 6.92 Å². The number of nitrogens with zero attached hydrogens (tertiary/aromatic N) is 1. The van der Waals surface area contributed by atoms with Crippen LogP contribution in [0.15, 0.2) is 36.4 Å². The lowest BCUT2D eigenvalue weighted by Crippen LogP contribution is -2.50. The van der Waals surface area contributed by atoms with Gasteiger partial charge in [0.25, 0.3) is 0 Å². The summed E-state index contributed by atoms with van der Waals surface area (Å²) in [5.41, 5.74) is 1.26. The third-order valence-electron chi connectivity index (χ3n) is 6.30. The molecule has 3 fully saturated rings. The van der Waals surface area contributed by atoms with Crippen molar-refractivity contribution >= 4 is 12.0 Å². The van der Waals surface area contributed by atoms with Crippen molar-refractivity contribution in [2.75, 3.05) is 26.2 Å². The average molecular weight is 369 g/mol. The molecule has 1 aliphatic heterocycles. The summed E-state index contributed by atoms with van der Waals surface area (Å²) < 4.78 is 6.26. The van der Waals surface area contributed by atoms with Crippen LogP contribution in [0.4, 0.5) is 0 Å². The van der Waals surface area contributed by atoms with Gasteiger partial charge in [0.1, 0.15) is 0 Å². The Morgan fingerprint density at radius 3 is 2.63 bits per heavy atom. The van der Waals surface area contributed by atoms with Gasteiger partial charge in [-0.1, -0.05) is 42.5 Å². The summed E-state index contributed by atoms with van der Waals surface area (Å²) >= 11 is 0. The standard InChI is InChI=1S/C23H32N2O2/c1-17(26)24-22-12-20-14-25(11-5-8-18-6-3-2-4-7-18)15-21(20)13-23(22)27-16-19-9-10-19/h2-8,19-23H,9-16H2,1H3,(H,24,26)/b8-5+/t20-,21+,22-,23-/m1/s1. The van der Waals surface area contributed by atoms with Crippen LogP contribution in [0, 0.1) is 17.8 Å². The monoisotopic (exact) mass is 368 g/mol. The summed E-state index contributed by atoms with van der Waals surface area (Å²) in [5, 5.41) is 3.17. The van der Waals surface area contributed by atoms with E-state index in [1.807, 2.05) is 0 Å². The van der Waals surface area contributed by atoms with Gasteiger partial charge in [0.15, 0.2) is 0 Å². The van der Waals surface area contributed by atoms with E-state index < -0.39 is 0 Å². The minimum absolute atomic E-state index is 0.0686. The van der Waals surface area contributed by atoms with Crippen molar-refractivity contribution in [2.24, 2.45) is 17.8 Å². The lowest BCUT2D eigenvalue weighted by molar-refractivity contribution is -0.122. The van der Waals surface area contributed by atoms with Crippen molar-refractivity contribution in [3.05, 3.63) is 42.0 Å². The Hall–Kier alpha value is -1.65. The molecule has 4 nitrogen and oxygen atoms in total. The van der Waals surface area contributed by atoms with Crippen LogP contribution in [0.3, 0.4) is 0 Å². The van der Waals surface area contributed by atoms with Gasteiger partial charge in [-0.2, -0.15) is 0 Å². The number of likely N-dealkylation sites (tertiary alicyclic amines) is 1. The van der Waals surface area contributed by atoms with Crippen LogP contribution < -0.4 is 5.32 Å². The first-order valence-corrected chi connectivity index (χ1v) is 10.5. The molecule has 2 aliphatic carbocycles. The minimum Gasteiger partial charge on any atom is -0.376 e. The van der Waals surface area contributed by atoms with Crippen LogP contribution >= 0.6 is 0 Å². The normalized spacial score (nSPS) is 31.1. The first-order valence-electron chi connectivity index (χ1n) is 10.5. The first-order chi connectivity index (χ1) is 13.2. The zero-order valence-electron chi connectivity index (χ0n) is 16.3. The van der Waals surface area contributed by atoms with Crippen LogP contribution in [-0.2, 0) is 9.53 Å². The molecule has 0 unspecified atom stereocenters. The van der Waals surface area contributed by atoms with E-state index in [0.29, 0.717) is 11.8 Å². The van der Waals surface area contributed by atoms with Gasteiger partial charge in [0, 0.05) is 33.2 Å². The fraction of sp³-hybridized carbons (Fsp3) is 0.609. The molecule has 1 saturated heterocycles.